The van der Waals surface area contributed by atoms with E-state index in [1.165, 1.54) is 0 Å². The molecule has 0 radical (unpaired) electrons. The van der Waals surface area contributed by atoms with Gasteiger partial charge in [-0.15, -0.1) is 0 Å². The smallest absolute Gasteiger partial charge is 0.306 e. The number of H-pyrrole nitrogens is 2. The van der Waals surface area contributed by atoms with E-state index in [1.807, 2.05) is 12.1 Å². The van der Waals surface area contributed by atoms with Gasteiger partial charge in [-0.05, 0) is 12.1 Å². The third kappa shape index (κ3) is 0.861. The lowest BCUT2D eigenvalue weighted by molar-refractivity contribution is 1.21. The highest BCUT2D eigenvalue weighted by Crippen LogP contribution is 2.16. The van der Waals surface area contributed by atoms with Crippen LogP contribution in [0.5, 0.6) is 0 Å². The summed E-state index contributed by atoms with van der Waals surface area (Å²) >= 11 is 0. The summed E-state index contributed by atoms with van der Waals surface area (Å²) in [6, 6.07) is 3.64. The van der Waals surface area contributed by atoms with E-state index in [9.17, 15) is 4.79 Å². The van der Waals surface area contributed by atoms with Crippen molar-refractivity contribution in [3.63, 3.8) is 0 Å². The topological polar surface area (TPSA) is 74.4 Å². The second-order valence-electron chi connectivity index (χ2n) is 2.99. The summed E-state index contributed by atoms with van der Waals surface area (Å²) in [6.07, 6.45) is 3.23. The van der Waals surface area contributed by atoms with E-state index < -0.39 is 0 Å². The van der Waals surface area contributed by atoms with E-state index in [0.29, 0.717) is 11.0 Å². The Balaban J connectivity index is 2.66. The molecule has 0 saturated carbocycles. The number of fused-ring (bicyclic) bond motifs is 3. The Kier molecular flexibility index (Phi) is 1.25. The number of rotatable bonds is 0. The van der Waals surface area contributed by atoms with Gasteiger partial charge >= 0.3 is 5.69 Å². The fourth-order valence-corrected chi connectivity index (χ4v) is 1.53. The van der Waals surface area contributed by atoms with Gasteiger partial charge in [0.1, 0.15) is 5.52 Å². The highest BCUT2D eigenvalue weighted by atomic mass is 16.1. The summed E-state index contributed by atoms with van der Waals surface area (Å²) in [4.78, 5) is 24.7. The molecular formula is C9H6N4O. The molecular weight excluding hydrogens is 180 g/mol. The molecule has 5 heteroatoms. The Morgan fingerprint density at radius 2 is 1.93 bits per heavy atom. The molecule has 0 unspecified atom stereocenters. The van der Waals surface area contributed by atoms with Crippen molar-refractivity contribution in [1.29, 1.82) is 0 Å². The molecule has 2 heterocycles. The lowest BCUT2D eigenvalue weighted by Crippen LogP contribution is -1.99. The van der Waals surface area contributed by atoms with Crippen molar-refractivity contribution in [3.05, 3.63) is 35.0 Å². The molecule has 0 fully saturated rings. The molecule has 68 valence electrons. The van der Waals surface area contributed by atoms with Crippen molar-refractivity contribution in [1.82, 2.24) is 19.9 Å². The van der Waals surface area contributed by atoms with Crippen LogP contribution in [0, 0.1) is 0 Å². The molecule has 0 aliphatic carbocycles. The average Bonchev–Trinajstić information content (AvgIpc) is 2.59. The molecule has 3 aromatic rings. The van der Waals surface area contributed by atoms with Crippen molar-refractivity contribution in [2.45, 2.75) is 0 Å². The number of nitrogens with one attached hydrogen (secondary N) is 2. The van der Waals surface area contributed by atoms with Crippen LogP contribution in [0.1, 0.15) is 0 Å². The van der Waals surface area contributed by atoms with Crippen LogP contribution in [-0.4, -0.2) is 19.9 Å². The maximum Gasteiger partial charge on any atom is 0.323 e. The van der Waals surface area contributed by atoms with Crippen LogP contribution >= 0.6 is 0 Å². The maximum atomic E-state index is 11.1. The lowest BCUT2D eigenvalue weighted by atomic mass is 10.2. The highest BCUT2D eigenvalue weighted by Gasteiger charge is 2.04. The number of imidazole rings is 1. The van der Waals surface area contributed by atoms with E-state index in [2.05, 4.69) is 19.9 Å². The van der Waals surface area contributed by atoms with Gasteiger partial charge < -0.3 is 9.97 Å². The molecule has 0 spiro atoms. The van der Waals surface area contributed by atoms with Crippen LogP contribution in [-0.2, 0) is 0 Å². The largest absolute Gasteiger partial charge is 0.323 e. The van der Waals surface area contributed by atoms with Gasteiger partial charge in [-0.2, -0.15) is 0 Å². The van der Waals surface area contributed by atoms with Gasteiger partial charge in [-0.3, -0.25) is 9.97 Å². The Morgan fingerprint density at radius 3 is 2.86 bits per heavy atom. The maximum absolute atomic E-state index is 11.1. The normalized spacial score (nSPS) is 11.1. The summed E-state index contributed by atoms with van der Waals surface area (Å²) < 4.78 is 0. The van der Waals surface area contributed by atoms with E-state index in [-0.39, 0.29) is 5.69 Å². The standard InChI is InChI=1S/C9H6N4O/c14-9-12-6-2-1-5-7(8(6)13-9)11-4-3-10-5/h1-4H,(H2,12,13,14). The second kappa shape index (κ2) is 2.41. The minimum atomic E-state index is -0.224. The molecule has 3 rings (SSSR count). The Hall–Kier alpha value is -2.17. The zero-order valence-corrected chi connectivity index (χ0v) is 7.11. The minimum absolute atomic E-state index is 0.224. The van der Waals surface area contributed by atoms with Crippen LogP contribution in [0.4, 0.5) is 0 Å². The average molecular weight is 186 g/mol. The van der Waals surface area contributed by atoms with Crippen molar-refractivity contribution in [3.8, 4) is 0 Å². The van der Waals surface area contributed by atoms with E-state index in [4.69, 9.17) is 0 Å². The zero-order valence-electron chi connectivity index (χ0n) is 7.11. The molecule has 2 N–H and O–H groups in total. The van der Waals surface area contributed by atoms with E-state index >= 15 is 0 Å². The number of nitrogens with zero attached hydrogens (tertiary/aromatic N) is 2. The third-order valence-corrected chi connectivity index (χ3v) is 2.13. The Bertz CT molecular complexity index is 667. The molecule has 0 aliphatic heterocycles. The monoisotopic (exact) mass is 186 g/mol. The van der Waals surface area contributed by atoms with Gasteiger partial charge in [0.2, 0.25) is 0 Å². The predicted octanol–water partition coefficient (Wildman–Crippen LogP) is 0.799. The molecule has 0 aliphatic rings. The first-order chi connectivity index (χ1) is 6.84. The molecule has 1 aromatic carbocycles. The van der Waals surface area contributed by atoms with Gasteiger partial charge in [0.15, 0.2) is 0 Å². The van der Waals surface area contributed by atoms with E-state index in [0.717, 1.165) is 11.0 Å². The number of benzene rings is 1. The first-order valence-corrected chi connectivity index (χ1v) is 4.16. The van der Waals surface area contributed by atoms with E-state index in [1.54, 1.807) is 12.4 Å². The Morgan fingerprint density at radius 1 is 1.07 bits per heavy atom. The summed E-state index contributed by atoms with van der Waals surface area (Å²) in [5.74, 6) is 0. The number of aromatic amines is 2. The quantitative estimate of drug-likeness (QED) is 0.545. The molecule has 0 atom stereocenters. The van der Waals surface area contributed by atoms with Crippen LogP contribution < -0.4 is 5.69 Å². The molecule has 5 nitrogen and oxygen atoms in total. The number of aromatic nitrogens is 4. The van der Waals surface area contributed by atoms with Crippen LogP contribution in [0.15, 0.2) is 29.3 Å². The van der Waals surface area contributed by atoms with Gasteiger partial charge in [-0.25, -0.2) is 4.79 Å². The molecule has 0 saturated heterocycles. The second-order valence-corrected chi connectivity index (χ2v) is 2.99. The van der Waals surface area contributed by atoms with Crippen molar-refractivity contribution in [2.75, 3.05) is 0 Å². The van der Waals surface area contributed by atoms with Gasteiger partial charge in [-0.1, -0.05) is 0 Å². The summed E-state index contributed by atoms with van der Waals surface area (Å²) in [5, 5.41) is 0. The van der Waals surface area contributed by atoms with Crippen molar-refractivity contribution in [2.24, 2.45) is 0 Å². The summed E-state index contributed by atoms with van der Waals surface area (Å²) in [6.45, 7) is 0. The van der Waals surface area contributed by atoms with Gasteiger partial charge in [0, 0.05) is 12.4 Å². The van der Waals surface area contributed by atoms with Crippen LogP contribution in [0.2, 0.25) is 0 Å². The number of hydrogen-bond donors (Lipinski definition) is 2. The first-order valence-electron chi connectivity index (χ1n) is 4.16. The molecule has 0 bridgehead atoms. The predicted molar refractivity (Wildman–Crippen MR) is 52.0 cm³/mol. The molecule has 14 heavy (non-hydrogen) atoms. The first kappa shape index (κ1) is 7.25. The summed E-state index contributed by atoms with van der Waals surface area (Å²) in [5.41, 5.74) is 2.72. The zero-order chi connectivity index (χ0) is 9.54. The van der Waals surface area contributed by atoms with Gasteiger partial charge in [0.05, 0.1) is 16.6 Å². The van der Waals surface area contributed by atoms with Crippen molar-refractivity contribution >= 4 is 22.1 Å². The van der Waals surface area contributed by atoms with Crippen LogP contribution in [0.3, 0.4) is 0 Å². The van der Waals surface area contributed by atoms with Crippen molar-refractivity contribution < 1.29 is 0 Å². The van der Waals surface area contributed by atoms with Crippen LogP contribution in [0.25, 0.3) is 22.1 Å². The fourth-order valence-electron chi connectivity index (χ4n) is 1.53. The molecule has 2 aromatic heterocycles. The SMILES string of the molecule is O=c1[nH]c2ccc3nccnc3c2[nH]1. The fraction of sp³-hybridized carbons (Fsp3) is 0. The summed E-state index contributed by atoms with van der Waals surface area (Å²) in [7, 11) is 0. The minimum Gasteiger partial charge on any atom is -0.306 e. The van der Waals surface area contributed by atoms with Gasteiger partial charge in [0.25, 0.3) is 0 Å². The molecule has 0 amide bonds. The highest BCUT2D eigenvalue weighted by molar-refractivity contribution is 5.99. The number of hydrogen-bond acceptors (Lipinski definition) is 3. The Labute approximate surface area is 77.8 Å². The lowest BCUT2D eigenvalue weighted by Gasteiger charge is -1.95. The third-order valence-electron chi connectivity index (χ3n) is 2.13.